The Balaban J connectivity index is 2.57. The van der Waals surface area contributed by atoms with Crippen molar-refractivity contribution in [1.29, 1.82) is 0 Å². The summed E-state index contributed by atoms with van der Waals surface area (Å²) in [6.45, 7) is 4.76. The van der Waals surface area contributed by atoms with Crippen molar-refractivity contribution in [2.24, 2.45) is 5.92 Å². The number of aldehydes is 1. The van der Waals surface area contributed by atoms with Gasteiger partial charge in [0.15, 0.2) is 5.79 Å². The maximum Gasteiger partial charge on any atom is 0.174 e. The van der Waals surface area contributed by atoms with Crippen LogP contribution in [0.5, 0.6) is 0 Å². The quantitative estimate of drug-likeness (QED) is 0.532. The first-order chi connectivity index (χ1) is 4.69. The third-order valence-electron chi connectivity index (χ3n) is 1.89. The minimum atomic E-state index is -0.665. The fourth-order valence-electron chi connectivity index (χ4n) is 0.917. The first kappa shape index (κ1) is 7.69. The molecule has 0 saturated carbocycles. The highest BCUT2D eigenvalue weighted by atomic mass is 16.7. The topological polar surface area (TPSA) is 35.5 Å². The van der Waals surface area contributed by atoms with E-state index < -0.39 is 5.79 Å². The van der Waals surface area contributed by atoms with Crippen molar-refractivity contribution in [3.63, 3.8) is 0 Å². The molecular weight excluding hydrogens is 132 g/mol. The summed E-state index contributed by atoms with van der Waals surface area (Å²) in [5.41, 5.74) is 0. The first-order valence-corrected chi connectivity index (χ1v) is 3.42. The van der Waals surface area contributed by atoms with Gasteiger partial charge in [-0.25, -0.2) is 0 Å². The number of rotatable bonds is 2. The van der Waals surface area contributed by atoms with Crippen LogP contribution in [0.4, 0.5) is 0 Å². The van der Waals surface area contributed by atoms with E-state index in [4.69, 9.17) is 9.47 Å². The van der Waals surface area contributed by atoms with Crippen LogP contribution >= 0.6 is 0 Å². The van der Waals surface area contributed by atoms with Crippen LogP contribution in [0.25, 0.3) is 0 Å². The molecule has 1 rings (SSSR count). The predicted molar refractivity (Wildman–Crippen MR) is 35.5 cm³/mol. The lowest BCUT2D eigenvalue weighted by molar-refractivity contribution is -0.176. The standard InChI is InChI=1S/C7H12O3/c1-6(5-8)7(2)9-3-4-10-7/h5-6H,3-4H2,1-2H3/t6-/m1/s1. The minimum Gasteiger partial charge on any atom is -0.347 e. The summed E-state index contributed by atoms with van der Waals surface area (Å²) < 4.78 is 10.5. The Morgan fingerprint density at radius 2 is 2.00 bits per heavy atom. The molecule has 1 fully saturated rings. The number of carbonyl (C=O) groups is 1. The van der Waals surface area contributed by atoms with E-state index in [1.807, 2.05) is 0 Å². The summed E-state index contributed by atoms with van der Waals surface area (Å²) in [5.74, 6) is -0.850. The molecule has 0 amide bonds. The second-order valence-corrected chi connectivity index (χ2v) is 2.64. The number of carbonyl (C=O) groups excluding carboxylic acids is 1. The molecule has 0 aromatic heterocycles. The van der Waals surface area contributed by atoms with E-state index in [9.17, 15) is 4.79 Å². The molecule has 0 unspecified atom stereocenters. The van der Waals surface area contributed by atoms with Crippen molar-refractivity contribution in [2.75, 3.05) is 13.2 Å². The second kappa shape index (κ2) is 2.68. The van der Waals surface area contributed by atoms with Crippen LogP contribution in [0.1, 0.15) is 13.8 Å². The molecule has 1 saturated heterocycles. The van der Waals surface area contributed by atoms with Crippen LogP contribution in [0.2, 0.25) is 0 Å². The molecular formula is C7H12O3. The molecule has 1 atom stereocenters. The van der Waals surface area contributed by atoms with Crippen LogP contribution in [0.3, 0.4) is 0 Å². The van der Waals surface area contributed by atoms with Gasteiger partial charge in [0.25, 0.3) is 0 Å². The Morgan fingerprint density at radius 1 is 1.50 bits per heavy atom. The summed E-state index contributed by atoms with van der Waals surface area (Å²) in [5, 5.41) is 0. The van der Waals surface area contributed by atoms with Crippen LogP contribution in [0.15, 0.2) is 0 Å². The van der Waals surface area contributed by atoms with Crippen LogP contribution < -0.4 is 0 Å². The maximum absolute atomic E-state index is 10.3. The molecule has 1 heterocycles. The molecule has 0 aromatic rings. The average molecular weight is 144 g/mol. The van der Waals surface area contributed by atoms with E-state index in [0.717, 1.165) is 6.29 Å². The Bertz CT molecular complexity index is 127. The normalized spacial score (nSPS) is 26.2. The van der Waals surface area contributed by atoms with E-state index in [0.29, 0.717) is 13.2 Å². The average Bonchev–Trinajstić information content (AvgIpc) is 2.36. The van der Waals surface area contributed by atoms with Gasteiger partial charge in [-0.1, -0.05) is 6.92 Å². The summed E-state index contributed by atoms with van der Waals surface area (Å²) in [6, 6.07) is 0. The van der Waals surface area contributed by atoms with Gasteiger partial charge >= 0.3 is 0 Å². The van der Waals surface area contributed by atoms with Gasteiger partial charge in [-0.2, -0.15) is 0 Å². The van der Waals surface area contributed by atoms with E-state index in [1.165, 1.54) is 0 Å². The Kier molecular flexibility index (Phi) is 2.06. The van der Waals surface area contributed by atoms with E-state index in [-0.39, 0.29) is 5.92 Å². The molecule has 58 valence electrons. The monoisotopic (exact) mass is 144 g/mol. The van der Waals surface area contributed by atoms with Crippen molar-refractivity contribution >= 4 is 6.29 Å². The third kappa shape index (κ3) is 1.20. The zero-order valence-electron chi connectivity index (χ0n) is 6.29. The van der Waals surface area contributed by atoms with Crippen molar-refractivity contribution < 1.29 is 14.3 Å². The van der Waals surface area contributed by atoms with E-state index in [1.54, 1.807) is 13.8 Å². The third-order valence-corrected chi connectivity index (χ3v) is 1.89. The molecule has 0 bridgehead atoms. The number of hydrogen-bond acceptors (Lipinski definition) is 3. The molecule has 0 radical (unpaired) electrons. The van der Waals surface area contributed by atoms with Crippen LogP contribution in [0, 0.1) is 5.92 Å². The molecule has 10 heavy (non-hydrogen) atoms. The Morgan fingerprint density at radius 3 is 2.40 bits per heavy atom. The molecule has 0 N–H and O–H groups in total. The molecule has 0 aliphatic carbocycles. The molecule has 1 aliphatic heterocycles. The maximum atomic E-state index is 10.3. The summed E-state index contributed by atoms with van der Waals surface area (Å²) in [7, 11) is 0. The summed E-state index contributed by atoms with van der Waals surface area (Å²) in [6.07, 6.45) is 0.852. The van der Waals surface area contributed by atoms with Gasteiger partial charge in [0.05, 0.1) is 19.1 Å². The van der Waals surface area contributed by atoms with E-state index in [2.05, 4.69) is 0 Å². The molecule has 3 nitrogen and oxygen atoms in total. The SMILES string of the molecule is C[C@H](C=O)C1(C)OCCO1. The fourth-order valence-corrected chi connectivity index (χ4v) is 0.917. The van der Waals surface area contributed by atoms with Gasteiger partial charge < -0.3 is 14.3 Å². The zero-order chi connectivity index (χ0) is 7.61. The fraction of sp³-hybridized carbons (Fsp3) is 0.857. The van der Waals surface area contributed by atoms with Gasteiger partial charge in [0.1, 0.15) is 6.29 Å². The minimum absolute atomic E-state index is 0.185. The van der Waals surface area contributed by atoms with Gasteiger partial charge in [-0.05, 0) is 6.92 Å². The molecule has 0 spiro atoms. The Labute approximate surface area is 60.3 Å². The summed E-state index contributed by atoms with van der Waals surface area (Å²) in [4.78, 5) is 10.3. The molecule has 1 aliphatic rings. The van der Waals surface area contributed by atoms with E-state index >= 15 is 0 Å². The number of ether oxygens (including phenoxy) is 2. The highest BCUT2D eigenvalue weighted by Gasteiger charge is 2.36. The Hall–Kier alpha value is -0.410. The van der Waals surface area contributed by atoms with Gasteiger partial charge in [0.2, 0.25) is 0 Å². The lowest BCUT2D eigenvalue weighted by Crippen LogP contribution is -2.34. The number of hydrogen-bond donors (Lipinski definition) is 0. The lowest BCUT2D eigenvalue weighted by atomic mass is 10.1. The second-order valence-electron chi connectivity index (χ2n) is 2.64. The van der Waals surface area contributed by atoms with Gasteiger partial charge in [-0.15, -0.1) is 0 Å². The van der Waals surface area contributed by atoms with Crippen molar-refractivity contribution in [1.82, 2.24) is 0 Å². The lowest BCUT2D eigenvalue weighted by Gasteiger charge is -2.25. The van der Waals surface area contributed by atoms with Gasteiger partial charge in [0, 0.05) is 0 Å². The van der Waals surface area contributed by atoms with Crippen molar-refractivity contribution in [2.45, 2.75) is 19.6 Å². The highest BCUT2D eigenvalue weighted by molar-refractivity contribution is 5.54. The smallest absolute Gasteiger partial charge is 0.174 e. The predicted octanol–water partition coefficient (Wildman–Crippen LogP) is 0.584. The largest absolute Gasteiger partial charge is 0.347 e. The van der Waals surface area contributed by atoms with Crippen molar-refractivity contribution in [3.05, 3.63) is 0 Å². The molecule has 0 aromatic carbocycles. The zero-order valence-corrected chi connectivity index (χ0v) is 6.29. The van der Waals surface area contributed by atoms with Crippen LogP contribution in [-0.2, 0) is 14.3 Å². The van der Waals surface area contributed by atoms with Gasteiger partial charge in [-0.3, -0.25) is 0 Å². The van der Waals surface area contributed by atoms with Crippen molar-refractivity contribution in [3.8, 4) is 0 Å². The molecule has 3 heteroatoms. The van der Waals surface area contributed by atoms with Crippen LogP contribution in [-0.4, -0.2) is 25.3 Å². The highest BCUT2D eigenvalue weighted by Crippen LogP contribution is 2.25. The summed E-state index contributed by atoms with van der Waals surface area (Å²) >= 11 is 0. The first-order valence-electron chi connectivity index (χ1n) is 3.42.